The maximum atomic E-state index is 13.2. The number of benzene rings is 2. The van der Waals surface area contributed by atoms with Gasteiger partial charge in [-0.15, -0.1) is 6.58 Å². The number of anilines is 2. The second-order valence-electron chi connectivity index (χ2n) is 6.60. The number of aliphatic imine (C=N–C) groups is 1. The molecule has 2 aromatic carbocycles. The fraction of sp³-hybridized carbons (Fsp3) is 0.318. The summed E-state index contributed by atoms with van der Waals surface area (Å²) in [6, 6.07) is 12.3. The molecule has 1 saturated heterocycles. The summed E-state index contributed by atoms with van der Waals surface area (Å²) >= 11 is 0. The molecule has 0 aliphatic carbocycles. The molecule has 0 radical (unpaired) electrons. The van der Waals surface area contributed by atoms with E-state index in [0.29, 0.717) is 18.0 Å². The number of hydrogen-bond donors (Lipinski definition) is 1. The Morgan fingerprint density at radius 3 is 2.38 bits per heavy atom. The average molecular weight is 398 g/mol. The van der Waals surface area contributed by atoms with Crippen LogP contribution in [0, 0.1) is 5.82 Å². The molecule has 0 bridgehead atoms. The Balaban J connectivity index is 1.70. The van der Waals surface area contributed by atoms with Crippen molar-refractivity contribution in [3.05, 3.63) is 60.9 Å². The van der Waals surface area contributed by atoms with Gasteiger partial charge in [0, 0.05) is 43.6 Å². The molecular weight excluding hydrogens is 371 g/mol. The third kappa shape index (κ3) is 5.19. The number of piperazine rings is 1. The highest BCUT2D eigenvalue weighted by atomic mass is 19.1. The van der Waals surface area contributed by atoms with Crippen LogP contribution in [-0.4, -0.2) is 57.8 Å². The zero-order chi connectivity index (χ0) is 20.6. The van der Waals surface area contributed by atoms with Crippen LogP contribution < -0.4 is 19.7 Å². The quantitative estimate of drug-likeness (QED) is 0.458. The van der Waals surface area contributed by atoms with Gasteiger partial charge in [-0.05, 0) is 36.4 Å². The van der Waals surface area contributed by atoms with Crippen LogP contribution in [-0.2, 0) is 0 Å². The van der Waals surface area contributed by atoms with Crippen molar-refractivity contribution in [3.63, 3.8) is 0 Å². The van der Waals surface area contributed by atoms with Crippen LogP contribution in [0.1, 0.15) is 0 Å². The summed E-state index contributed by atoms with van der Waals surface area (Å²) < 4.78 is 23.9. The Bertz CT molecular complexity index is 846. The minimum Gasteiger partial charge on any atom is -0.493 e. The number of ether oxygens (including phenoxy) is 2. The molecule has 3 rings (SSSR count). The monoisotopic (exact) mass is 398 g/mol. The van der Waals surface area contributed by atoms with E-state index in [1.807, 2.05) is 30.3 Å². The van der Waals surface area contributed by atoms with Crippen LogP contribution in [0.2, 0.25) is 0 Å². The van der Waals surface area contributed by atoms with E-state index in [2.05, 4.69) is 26.7 Å². The maximum Gasteiger partial charge on any atom is 0.198 e. The first-order valence-corrected chi connectivity index (χ1v) is 9.54. The smallest absolute Gasteiger partial charge is 0.198 e. The van der Waals surface area contributed by atoms with E-state index in [0.717, 1.165) is 43.5 Å². The van der Waals surface area contributed by atoms with E-state index >= 15 is 0 Å². The molecule has 1 aliphatic rings. The zero-order valence-corrected chi connectivity index (χ0v) is 16.9. The molecule has 0 aromatic heterocycles. The molecule has 2 aromatic rings. The van der Waals surface area contributed by atoms with Crippen LogP contribution in [0.15, 0.2) is 60.1 Å². The summed E-state index contributed by atoms with van der Waals surface area (Å²) in [5.74, 6) is 1.90. The molecule has 0 amide bonds. The lowest BCUT2D eigenvalue weighted by Crippen LogP contribution is -2.50. The first-order valence-electron chi connectivity index (χ1n) is 9.54. The second-order valence-corrected chi connectivity index (χ2v) is 6.60. The second kappa shape index (κ2) is 9.82. The van der Waals surface area contributed by atoms with Crippen molar-refractivity contribution in [1.29, 1.82) is 0 Å². The van der Waals surface area contributed by atoms with Gasteiger partial charge in [-0.1, -0.05) is 6.08 Å². The molecule has 154 valence electrons. The highest BCUT2D eigenvalue weighted by molar-refractivity contribution is 5.94. The Labute approximate surface area is 171 Å². The number of nitrogens with zero attached hydrogens (tertiary/aromatic N) is 3. The van der Waals surface area contributed by atoms with Gasteiger partial charge in [0.1, 0.15) is 5.82 Å². The lowest BCUT2D eigenvalue weighted by molar-refractivity contribution is 0.355. The largest absolute Gasteiger partial charge is 0.493 e. The minimum absolute atomic E-state index is 0.217. The first kappa shape index (κ1) is 20.5. The SMILES string of the molecule is C=CC/N=C(/Nc1ccc(OC)c(OC)c1)N1CCN(c2ccc(F)cc2)CC1. The third-order valence-corrected chi connectivity index (χ3v) is 4.78. The van der Waals surface area contributed by atoms with Crippen molar-refractivity contribution in [2.45, 2.75) is 0 Å². The topological polar surface area (TPSA) is 49.3 Å². The van der Waals surface area contributed by atoms with Crippen molar-refractivity contribution in [3.8, 4) is 11.5 Å². The molecule has 1 fully saturated rings. The molecule has 1 N–H and O–H groups in total. The van der Waals surface area contributed by atoms with Gasteiger partial charge in [-0.2, -0.15) is 0 Å². The summed E-state index contributed by atoms with van der Waals surface area (Å²) in [5, 5.41) is 3.40. The number of nitrogens with one attached hydrogen (secondary N) is 1. The van der Waals surface area contributed by atoms with E-state index in [1.165, 1.54) is 12.1 Å². The fourth-order valence-electron chi connectivity index (χ4n) is 3.24. The molecule has 1 heterocycles. The van der Waals surface area contributed by atoms with Crippen molar-refractivity contribution < 1.29 is 13.9 Å². The first-order chi connectivity index (χ1) is 14.1. The minimum atomic E-state index is -0.217. The molecule has 6 nitrogen and oxygen atoms in total. The van der Waals surface area contributed by atoms with Crippen LogP contribution in [0.5, 0.6) is 11.5 Å². The molecular formula is C22H27FN4O2. The standard InChI is InChI=1S/C22H27FN4O2/c1-4-11-24-22(25-18-7-10-20(28-2)21(16-18)29-3)27-14-12-26(13-15-27)19-8-5-17(23)6-9-19/h4-10,16H,1,11-15H2,2-3H3,(H,24,25). The van der Waals surface area contributed by atoms with Gasteiger partial charge >= 0.3 is 0 Å². The maximum absolute atomic E-state index is 13.2. The summed E-state index contributed by atoms with van der Waals surface area (Å²) in [5.41, 5.74) is 1.90. The Morgan fingerprint density at radius 1 is 1.07 bits per heavy atom. The molecule has 7 heteroatoms. The molecule has 29 heavy (non-hydrogen) atoms. The Kier molecular flexibility index (Phi) is 6.94. The Morgan fingerprint density at radius 2 is 1.76 bits per heavy atom. The molecule has 0 spiro atoms. The number of guanidine groups is 1. The normalized spacial score (nSPS) is 14.5. The van der Waals surface area contributed by atoms with E-state index in [4.69, 9.17) is 9.47 Å². The van der Waals surface area contributed by atoms with Crippen molar-refractivity contribution >= 4 is 17.3 Å². The van der Waals surface area contributed by atoms with Crippen LogP contribution in [0.4, 0.5) is 15.8 Å². The van der Waals surface area contributed by atoms with E-state index < -0.39 is 0 Å². The number of rotatable bonds is 6. The molecule has 1 aliphatic heterocycles. The van der Waals surface area contributed by atoms with E-state index in [1.54, 1.807) is 20.3 Å². The number of halogens is 1. The average Bonchev–Trinajstić information content (AvgIpc) is 2.77. The van der Waals surface area contributed by atoms with Crippen LogP contribution in [0.3, 0.4) is 0 Å². The van der Waals surface area contributed by atoms with Gasteiger partial charge in [0.15, 0.2) is 17.5 Å². The predicted octanol–water partition coefficient (Wildman–Crippen LogP) is 3.62. The summed E-state index contributed by atoms with van der Waals surface area (Å²) in [6.07, 6.45) is 1.77. The van der Waals surface area contributed by atoms with Crippen LogP contribution >= 0.6 is 0 Å². The van der Waals surface area contributed by atoms with Crippen molar-refractivity contribution in [2.24, 2.45) is 4.99 Å². The lowest BCUT2D eigenvalue weighted by atomic mass is 10.2. The van der Waals surface area contributed by atoms with Gasteiger partial charge in [0.2, 0.25) is 0 Å². The van der Waals surface area contributed by atoms with E-state index in [-0.39, 0.29) is 5.82 Å². The molecule has 0 atom stereocenters. The number of methoxy groups -OCH3 is 2. The summed E-state index contributed by atoms with van der Waals surface area (Å²) in [4.78, 5) is 9.10. The molecule has 0 unspecified atom stereocenters. The van der Waals surface area contributed by atoms with Gasteiger partial charge < -0.3 is 24.6 Å². The third-order valence-electron chi connectivity index (χ3n) is 4.78. The highest BCUT2D eigenvalue weighted by Gasteiger charge is 2.20. The van der Waals surface area contributed by atoms with Crippen molar-refractivity contribution in [1.82, 2.24) is 4.90 Å². The predicted molar refractivity (Wildman–Crippen MR) is 116 cm³/mol. The Hall–Kier alpha value is -3.22. The zero-order valence-electron chi connectivity index (χ0n) is 16.9. The van der Waals surface area contributed by atoms with Gasteiger partial charge in [-0.25, -0.2) is 9.38 Å². The highest BCUT2D eigenvalue weighted by Crippen LogP contribution is 2.30. The lowest BCUT2D eigenvalue weighted by Gasteiger charge is -2.37. The fourth-order valence-corrected chi connectivity index (χ4v) is 3.24. The van der Waals surface area contributed by atoms with E-state index in [9.17, 15) is 4.39 Å². The van der Waals surface area contributed by atoms with Gasteiger partial charge in [-0.3, -0.25) is 0 Å². The van der Waals surface area contributed by atoms with Crippen LogP contribution in [0.25, 0.3) is 0 Å². The van der Waals surface area contributed by atoms with Gasteiger partial charge in [0.25, 0.3) is 0 Å². The summed E-state index contributed by atoms with van der Waals surface area (Å²) in [6.45, 7) is 7.54. The van der Waals surface area contributed by atoms with Gasteiger partial charge in [0.05, 0.1) is 20.8 Å². The number of hydrogen-bond acceptors (Lipinski definition) is 4. The summed E-state index contributed by atoms with van der Waals surface area (Å²) in [7, 11) is 3.23. The van der Waals surface area contributed by atoms with Crippen molar-refractivity contribution in [2.75, 3.05) is 57.2 Å². The molecule has 0 saturated carbocycles.